The number of amides is 6. The quantitative estimate of drug-likeness (QED) is 0.0544. The maximum atomic E-state index is 14.1. The van der Waals surface area contributed by atoms with E-state index >= 15 is 0 Å². The van der Waals surface area contributed by atoms with Gasteiger partial charge in [-0.2, -0.15) is 12.6 Å². The SMILES string of the molecule is COc1cc2c(cc1OCc1cc(COc3cc4c(cc3OC)C(=O)N3c5ccccc5CC3[C@@H](O)N4)cc(NC(=O)CNC(=O)CNC(=O)CNC(=O)CCC(C)(C)S)c1)NCC1Cc3ccccc3N1C2=O. The third-order valence-corrected chi connectivity index (χ3v) is 13.4. The second-order valence-corrected chi connectivity index (χ2v) is 20.3. The Kier molecular flexibility index (Phi) is 14.9. The summed E-state index contributed by atoms with van der Waals surface area (Å²) in [5.41, 5.74) is 6.87. The van der Waals surface area contributed by atoms with Crippen molar-refractivity contribution in [1.29, 1.82) is 0 Å². The number of fused-ring (bicyclic) bond motifs is 8. The highest BCUT2D eigenvalue weighted by Crippen LogP contribution is 2.43. The van der Waals surface area contributed by atoms with Crippen LogP contribution in [0.2, 0.25) is 0 Å². The van der Waals surface area contributed by atoms with E-state index in [1.165, 1.54) is 14.2 Å². The highest BCUT2D eigenvalue weighted by atomic mass is 32.1. The first-order chi connectivity index (χ1) is 35.5. The molecule has 74 heavy (non-hydrogen) atoms. The van der Waals surface area contributed by atoms with Gasteiger partial charge in [-0.1, -0.05) is 50.2 Å². The number of thiol groups is 1. The van der Waals surface area contributed by atoms with Gasteiger partial charge in [0.25, 0.3) is 11.8 Å². The second-order valence-electron chi connectivity index (χ2n) is 19.1. The van der Waals surface area contributed by atoms with Crippen molar-refractivity contribution in [2.45, 2.75) is 75.8 Å². The van der Waals surface area contributed by atoms with Crippen LogP contribution in [-0.4, -0.2) is 104 Å². The first-order valence-corrected chi connectivity index (χ1v) is 24.7. The zero-order valence-corrected chi connectivity index (χ0v) is 42.2. The molecule has 0 spiro atoms. The van der Waals surface area contributed by atoms with Gasteiger partial charge in [0.2, 0.25) is 23.6 Å². The number of hydrogen-bond acceptors (Lipinski definition) is 14. The van der Waals surface area contributed by atoms with Crippen LogP contribution in [0.4, 0.5) is 28.4 Å². The monoisotopic (exact) mass is 1030 g/mol. The summed E-state index contributed by atoms with van der Waals surface area (Å²) >= 11 is 4.40. The average molecular weight is 1030 g/mol. The van der Waals surface area contributed by atoms with E-state index in [0.717, 1.165) is 28.9 Å². The molecule has 5 aromatic carbocycles. The summed E-state index contributed by atoms with van der Waals surface area (Å²) in [6.07, 6.45) is 0.801. The van der Waals surface area contributed by atoms with E-state index in [9.17, 15) is 33.9 Å². The molecule has 0 aliphatic carbocycles. The van der Waals surface area contributed by atoms with Crippen LogP contribution in [0.5, 0.6) is 23.0 Å². The maximum absolute atomic E-state index is 14.1. The third kappa shape index (κ3) is 11.3. The molecular weight excluding hydrogens is 969 g/mol. The Morgan fingerprint density at radius 1 is 0.676 bits per heavy atom. The zero-order chi connectivity index (χ0) is 52.3. The van der Waals surface area contributed by atoms with Gasteiger partial charge in [-0.15, -0.1) is 0 Å². The van der Waals surface area contributed by atoms with E-state index in [0.29, 0.717) is 64.6 Å². The summed E-state index contributed by atoms with van der Waals surface area (Å²) < 4.78 is 23.9. The Bertz CT molecular complexity index is 3030. The molecule has 386 valence electrons. The van der Waals surface area contributed by atoms with E-state index < -0.39 is 43.1 Å². The fourth-order valence-corrected chi connectivity index (χ4v) is 9.66. The summed E-state index contributed by atoms with van der Waals surface area (Å²) in [6, 6.07) is 26.6. The van der Waals surface area contributed by atoms with Gasteiger partial charge in [-0.05, 0) is 84.0 Å². The zero-order valence-electron chi connectivity index (χ0n) is 41.3. The van der Waals surface area contributed by atoms with Gasteiger partial charge in [0.1, 0.15) is 19.4 Å². The Balaban J connectivity index is 0.907. The van der Waals surface area contributed by atoms with Gasteiger partial charge in [0.05, 0.1) is 68.4 Å². The number of hydrogen-bond donors (Lipinski definition) is 8. The lowest BCUT2D eigenvalue weighted by Gasteiger charge is -2.26. The van der Waals surface area contributed by atoms with Crippen molar-refractivity contribution in [2.75, 3.05) is 66.1 Å². The summed E-state index contributed by atoms with van der Waals surface area (Å²) in [6.45, 7) is 3.00. The highest BCUT2D eigenvalue weighted by molar-refractivity contribution is 7.81. The Hall–Kier alpha value is -7.97. The lowest BCUT2D eigenvalue weighted by Crippen LogP contribution is -2.45. The first kappa shape index (κ1) is 51.0. The topological polar surface area (TPSA) is 238 Å². The van der Waals surface area contributed by atoms with Crippen LogP contribution in [-0.2, 0) is 45.2 Å². The molecule has 4 aliphatic rings. The van der Waals surface area contributed by atoms with E-state index in [-0.39, 0.29) is 71.8 Å². The number of nitrogens with one attached hydrogen (secondary N) is 6. The standard InChI is InChI=1S/C54H58N8O11S/c1-54(2,74)14-13-47(63)56-25-48(64)57-26-49(65)58-27-50(66)59-34-16-30(28-72-45-22-38-36(20-43(45)70-3)52(68)61-35(24-55-38)18-32-9-5-7-11-40(32)61)15-31(17-34)29-73-46-23-39-37(21-44(46)71-4)53(69)62-41-12-8-6-10-33(41)19-42(62)51(67)60-39/h5-12,15-17,20-23,35,42,51,55,60,67,74H,13-14,18-19,24-29H2,1-4H3,(H,56,63)(H,57,64)(H,58,65)(H,59,66)/t35?,42?,51-/m1/s1. The highest BCUT2D eigenvalue weighted by Gasteiger charge is 2.42. The van der Waals surface area contributed by atoms with E-state index in [2.05, 4.69) is 44.5 Å². The number of aliphatic hydroxyl groups is 1. The van der Waals surface area contributed by atoms with Crippen LogP contribution in [0, 0.1) is 0 Å². The number of carbonyl (C=O) groups excluding carboxylic acids is 6. The van der Waals surface area contributed by atoms with Crippen molar-refractivity contribution in [2.24, 2.45) is 0 Å². The number of benzene rings is 5. The molecule has 2 unspecified atom stereocenters. The number of nitrogens with zero attached hydrogens (tertiary/aromatic N) is 2. The van der Waals surface area contributed by atoms with E-state index in [1.807, 2.05) is 73.3 Å². The molecule has 19 nitrogen and oxygen atoms in total. The van der Waals surface area contributed by atoms with Crippen LogP contribution in [0.25, 0.3) is 0 Å². The summed E-state index contributed by atoms with van der Waals surface area (Å²) in [5, 5.41) is 28.2. The van der Waals surface area contributed by atoms with Crippen LogP contribution >= 0.6 is 12.6 Å². The third-order valence-electron chi connectivity index (χ3n) is 13.2. The molecule has 20 heteroatoms. The molecule has 5 aromatic rings. The van der Waals surface area contributed by atoms with Gasteiger partial charge in [-0.3, -0.25) is 28.8 Å². The van der Waals surface area contributed by atoms with E-state index in [4.69, 9.17) is 18.9 Å². The summed E-state index contributed by atoms with van der Waals surface area (Å²) in [4.78, 5) is 82.1. The number of methoxy groups -OCH3 is 2. The summed E-state index contributed by atoms with van der Waals surface area (Å²) in [5.74, 6) is -1.33. The molecule has 9 rings (SSSR count). The van der Waals surface area contributed by atoms with Gasteiger partial charge in [0, 0.05) is 46.9 Å². The Morgan fingerprint density at radius 3 is 1.81 bits per heavy atom. The van der Waals surface area contributed by atoms with Crippen molar-refractivity contribution in [3.8, 4) is 23.0 Å². The molecule has 0 aromatic heterocycles. The van der Waals surface area contributed by atoms with Crippen molar-refractivity contribution >= 4 is 76.5 Å². The van der Waals surface area contributed by atoms with Crippen LogP contribution in [0.15, 0.2) is 91.0 Å². The minimum atomic E-state index is -1.09. The number of carbonyl (C=O) groups is 6. The number of aliphatic hydroxyl groups excluding tert-OH is 1. The molecule has 3 atom stereocenters. The molecule has 0 saturated heterocycles. The fraction of sp³-hybridized carbons (Fsp3) is 0.333. The number of rotatable bonds is 18. The van der Waals surface area contributed by atoms with Gasteiger partial charge >= 0.3 is 0 Å². The second kappa shape index (κ2) is 21.6. The molecular formula is C54H58N8O11S. The van der Waals surface area contributed by atoms with Crippen molar-refractivity contribution in [3.05, 3.63) is 124 Å². The molecule has 0 radical (unpaired) electrons. The van der Waals surface area contributed by atoms with Crippen molar-refractivity contribution in [1.82, 2.24) is 16.0 Å². The molecule has 4 aliphatic heterocycles. The van der Waals surface area contributed by atoms with Gasteiger partial charge in [-0.25, -0.2) is 0 Å². The van der Waals surface area contributed by atoms with Crippen LogP contribution in [0.1, 0.15) is 69.7 Å². The number of ether oxygens (including phenoxy) is 4. The van der Waals surface area contributed by atoms with Gasteiger partial charge < -0.3 is 65.8 Å². The van der Waals surface area contributed by atoms with Crippen LogP contribution < -0.4 is 60.6 Å². The van der Waals surface area contributed by atoms with Gasteiger partial charge in [0.15, 0.2) is 23.0 Å². The normalized spacial score (nSPS) is 17.0. The lowest BCUT2D eigenvalue weighted by atomic mass is 10.1. The minimum Gasteiger partial charge on any atom is -0.493 e. The first-order valence-electron chi connectivity index (χ1n) is 24.2. The largest absolute Gasteiger partial charge is 0.493 e. The molecule has 0 saturated carbocycles. The molecule has 0 fully saturated rings. The number of anilines is 5. The Labute approximate surface area is 433 Å². The maximum Gasteiger partial charge on any atom is 0.260 e. The molecule has 6 amide bonds. The Morgan fingerprint density at radius 2 is 1.20 bits per heavy atom. The smallest absolute Gasteiger partial charge is 0.260 e. The predicted octanol–water partition coefficient (Wildman–Crippen LogP) is 4.95. The molecule has 7 N–H and O–H groups in total. The van der Waals surface area contributed by atoms with Crippen molar-refractivity contribution in [3.63, 3.8) is 0 Å². The predicted molar refractivity (Wildman–Crippen MR) is 281 cm³/mol. The minimum absolute atomic E-state index is 0.0289. The molecule has 0 bridgehead atoms. The average Bonchev–Trinajstić information content (AvgIpc) is 3.91. The summed E-state index contributed by atoms with van der Waals surface area (Å²) in [7, 11) is 2.95. The fourth-order valence-electron chi connectivity index (χ4n) is 9.55. The van der Waals surface area contributed by atoms with E-state index in [1.54, 1.807) is 41.3 Å². The molecule has 4 heterocycles. The lowest BCUT2D eigenvalue weighted by molar-refractivity contribution is -0.128. The van der Waals surface area contributed by atoms with Crippen LogP contribution in [0.3, 0.4) is 0 Å². The van der Waals surface area contributed by atoms with Crippen molar-refractivity contribution < 1.29 is 52.8 Å². The number of para-hydroxylation sites is 2.